The number of aliphatic imine (C=N–C) groups is 1. The molecule has 0 saturated heterocycles. The Hall–Kier alpha value is -2.73. The minimum absolute atomic E-state index is 0.0776. The lowest BCUT2D eigenvalue weighted by Gasteiger charge is -2.22. The average Bonchev–Trinajstić information content (AvgIpc) is 3.27. The summed E-state index contributed by atoms with van der Waals surface area (Å²) in [6.45, 7) is 10.6. The molecule has 6 nitrogen and oxygen atoms in total. The Morgan fingerprint density at radius 3 is 2.58 bits per heavy atom. The number of aromatic nitrogens is 1. The third-order valence-corrected chi connectivity index (χ3v) is 6.20. The number of nitrogens with one attached hydrogen (secondary N) is 2. The maximum Gasteiger partial charge on any atom is 0.323 e. The fourth-order valence-electron chi connectivity index (χ4n) is 4.17. The largest absolute Gasteiger partial charge is 0.461 e. The predicted molar refractivity (Wildman–Crippen MR) is 133 cm³/mol. The molecule has 1 heterocycles. The van der Waals surface area contributed by atoms with E-state index >= 15 is 0 Å². The van der Waals surface area contributed by atoms with Gasteiger partial charge in [-0.15, -0.1) is 0 Å². The van der Waals surface area contributed by atoms with Crippen LogP contribution in [0.5, 0.6) is 0 Å². The van der Waals surface area contributed by atoms with Gasteiger partial charge in [-0.1, -0.05) is 26.0 Å². The molecule has 1 aromatic carbocycles. The number of carbonyl (C=O) groups is 1. The maximum absolute atomic E-state index is 12.8. The smallest absolute Gasteiger partial charge is 0.323 e. The Bertz CT molecular complexity index is 1050. The number of aryl methyl sites for hydroxylation is 2. The molecule has 0 spiro atoms. The molecule has 1 fully saturated rings. The van der Waals surface area contributed by atoms with E-state index in [-0.39, 0.29) is 23.7 Å². The van der Waals surface area contributed by atoms with Gasteiger partial charge in [-0.05, 0) is 82.1 Å². The summed E-state index contributed by atoms with van der Waals surface area (Å²) in [5.74, 6) is 0.255. The lowest BCUT2D eigenvalue weighted by atomic mass is 10.0. The zero-order chi connectivity index (χ0) is 24.0. The highest BCUT2D eigenvalue weighted by atomic mass is 16.5. The van der Waals surface area contributed by atoms with Gasteiger partial charge in [0.25, 0.3) is 5.56 Å². The van der Waals surface area contributed by atoms with E-state index in [9.17, 15) is 9.59 Å². The summed E-state index contributed by atoms with van der Waals surface area (Å²) in [5.41, 5.74) is 5.31. The van der Waals surface area contributed by atoms with Crippen LogP contribution in [0.4, 0.5) is 5.69 Å². The van der Waals surface area contributed by atoms with E-state index in [0.717, 1.165) is 60.2 Å². The van der Waals surface area contributed by atoms with Crippen LogP contribution < -0.4 is 10.9 Å². The van der Waals surface area contributed by atoms with Crippen molar-refractivity contribution >= 4 is 17.4 Å². The van der Waals surface area contributed by atoms with Crippen LogP contribution in [-0.2, 0) is 16.1 Å². The third-order valence-electron chi connectivity index (χ3n) is 6.20. The van der Waals surface area contributed by atoms with Crippen LogP contribution in [-0.4, -0.2) is 28.8 Å². The Kier molecular flexibility index (Phi) is 8.61. The Morgan fingerprint density at radius 2 is 1.91 bits per heavy atom. The van der Waals surface area contributed by atoms with E-state index in [4.69, 9.17) is 9.73 Å². The number of benzene rings is 1. The van der Waals surface area contributed by atoms with Crippen molar-refractivity contribution in [3.8, 4) is 0 Å². The molecule has 1 unspecified atom stereocenters. The summed E-state index contributed by atoms with van der Waals surface area (Å²) < 4.78 is 5.78. The van der Waals surface area contributed by atoms with Crippen molar-refractivity contribution in [3.63, 3.8) is 0 Å². The molecule has 1 aliphatic rings. The minimum Gasteiger partial charge on any atom is -0.461 e. The summed E-state index contributed by atoms with van der Waals surface area (Å²) >= 11 is 0. The molecule has 0 radical (unpaired) electrons. The molecular weight excluding hydrogens is 414 g/mol. The van der Waals surface area contributed by atoms with Crippen LogP contribution in [0.2, 0.25) is 0 Å². The molecule has 6 heteroatoms. The molecule has 1 saturated carbocycles. The van der Waals surface area contributed by atoms with Gasteiger partial charge in [-0.2, -0.15) is 0 Å². The van der Waals surface area contributed by atoms with Gasteiger partial charge in [0.1, 0.15) is 12.1 Å². The molecule has 0 aliphatic heterocycles. The maximum atomic E-state index is 12.8. The zero-order valence-electron chi connectivity index (χ0n) is 20.5. The number of aromatic amines is 1. The Labute approximate surface area is 196 Å². The van der Waals surface area contributed by atoms with Crippen molar-refractivity contribution in [2.24, 2.45) is 10.9 Å². The highest BCUT2D eigenvalue weighted by molar-refractivity contribution is 6.00. The predicted octanol–water partition coefficient (Wildman–Crippen LogP) is 5.12. The zero-order valence-corrected chi connectivity index (χ0v) is 20.5. The number of H-pyrrole nitrogens is 1. The van der Waals surface area contributed by atoms with E-state index < -0.39 is 0 Å². The topological polar surface area (TPSA) is 83.5 Å². The van der Waals surface area contributed by atoms with Crippen molar-refractivity contribution in [2.75, 3.05) is 0 Å². The van der Waals surface area contributed by atoms with Crippen molar-refractivity contribution in [1.82, 2.24) is 10.3 Å². The first-order chi connectivity index (χ1) is 15.7. The van der Waals surface area contributed by atoms with Crippen LogP contribution in [0.15, 0.2) is 40.2 Å². The van der Waals surface area contributed by atoms with Crippen molar-refractivity contribution < 1.29 is 9.53 Å². The van der Waals surface area contributed by atoms with E-state index in [1.165, 1.54) is 0 Å². The lowest BCUT2D eigenvalue weighted by Crippen LogP contribution is -2.40. The van der Waals surface area contributed by atoms with Gasteiger partial charge in [0, 0.05) is 29.6 Å². The number of rotatable bonds is 9. The summed E-state index contributed by atoms with van der Waals surface area (Å²) in [4.78, 5) is 32.0. The second-order valence-corrected chi connectivity index (χ2v) is 9.62. The van der Waals surface area contributed by atoms with Crippen LogP contribution in [0.1, 0.15) is 75.1 Å². The summed E-state index contributed by atoms with van der Waals surface area (Å²) in [6.07, 6.45) is 6.76. The molecule has 2 N–H and O–H groups in total. The summed E-state index contributed by atoms with van der Waals surface area (Å²) in [7, 11) is 0. The molecule has 33 heavy (non-hydrogen) atoms. The quantitative estimate of drug-likeness (QED) is 0.409. The second-order valence-electron chi connectivity index (χ2n) is 9.62. The van der Waals surface area contributed by atoms with Gasteiger partial charge < -0.3 is 15.0 Å². The van der Waals surface area contributed by atoms with E-state index in [2.05, 4.69) is 42.3 Å². The first kappa shape index (κ1) is 24.9. The van der Waals surface area contributed by atoms with Crippen LogP contribution in [0, 0.1) is 19.8 Å². The molecule has 3 rings (SSSR count). The van der Waals surface area contributed by atoms with Crippen LogP contribution >= 0.6 is 0 Å². The van der Waals surface area contributed by atoms with Gasteiger partial charge >= 0.3 is 5.97 Å². The molecule has 0 bridgehead atoms. The minimum atomic E-state index is -0.315. The lowest BCUT2D eigenvalue weighted by molar-refractivity contribution is -0.151. The number of carbonyl (C=O) groups excluding carboxylic acids is 1. The molecule has 2 aromatic rings. The normalized spacial score (nSPS) is 15.8. The average molecular weight is 452 g/mol. The monoisotopic (exact) mass is 451 g/mol. The molecule has 0 amide bonds. The van der Waals surface area contributed by atoms with Crippen molar-refractivity contribution in [3.05, 3.63) is 63.1 Å². The van der Waals surface area contributed by atoms with Crippen molar-refractivity contribution in [2.45, 2.75) is 85.4 Å². The van der Waals surface area contributed by atoms with Gasteiger partial charge in [-0.25, -0.2) is 0 Å². The fraction of sp³-hybridized carbons (Fsp3) is 0.519. The van der Waals surface area contributed by atoms with Gasteiger partial charge in [0.05, 0.1) is 5.69 Å². The molecule has 1 aliphatic carbocycles. The van der Waals surface area contributed by atoms with Crippen LogP contribution in [0.3, 0.4) is 0 Å². The Morgan fingerprint density at radius 1 is 1.18 bits per heavy atom. The first-order valence-corrected chi connectivity index (χ1v) is 12.0. The first-order valence-electron chi connectivity index (χ1n) is 12.0. The number of ether oxygens (including phenoxy) is 1. The van der Waals surface area contributed by atoms with Crippen LogP contribution in [0.25, 0.3) is 0 Å². The number of pyridine rings is 1. The van der Waals surface area contributed by atoms with Gasteiger partial charge in [0.2, 0.25) is 0 Å². The van der Waals surface area contributed by atoms with Gasteiger partial charge in [0.15, 0.2) is 0 Å². The third kappa shape index (κ3) is 7.13. The number of hydrogen-bond acceptors (Lipinski definition) is 5. The highest BCUT2D eigenvalue weighted by Crippen LogP contribution is 2.23. The molecule has 178 valence electrons. The fourth-order valence-corrected chi connectivity index (χ4v) is 4.17. The Balaban J connectivity index is 1.72. The summed E-state index contributed by atoms with van der Waals surface area (Å²) in [5, 5.41) is 3.42. The van der Waals surface area contributed by atoms with E-state index in [0.29, 0.717) is 18.0 Å². The molecular formula is C27H37N3O3. The summed E-state index contributed by atoms with van der Waals surface area (Å²) in [6, 6.07) is 7.71. The van der Waals surface area contributed by atoms with Gasteiger partial charge in [-0.3, -0.25) is 14.6 Å². The SMILES string of the molecule is CC(=Nc1cc(CNC(CC(C)C)C(=O)OC2CCCC2)ccc1C)c1c[nH]c(=O)c(C)c1. The van der Waals surface area contributed by atoms with E-state index in [1.54, 1.807) is 13.1 Å². The number of esters is 1. The highest BCUT2D eigenvalue weighted by Gasteiger charge is 2.26. The van der Waals surface area contributed by atoms with Crippen molar-refractivity contribution in [1.29, 1.82) is 0 Å². The van der Waals surface area contributed by atoms with E-state index in [1.807, 2.05) is 19.9 Å². The number of hydrogen-bond donors (Lipinski definition) is 2. The standard InChI is InChI=1S/C27H37N3O3/c1-17(2)12-25(27(32)33-23-8-6-7-9-23)28-15-21-11-10-18(3)24(14-21)30-20(5)22-13-19(4)26(31)29-16-22/h10-11,13-14,16-17,23,25,28H,6-9,12,15H2,1-5H3,(H,29,31). The number of nitrogens with zero attached hydrogens (tertiary/aromatic N) is 1. The molecule has 1 aromatic heterocycles. The molecule has 1 atom stereocenters. The second kappa shape index (κ2) is 11.4.